The molecule has 5 heteroatoms. The van der Waals surface area contributed by atoms with Crippen LogP contribution < -0.4 is 15.4 Å². The van der Waals surface area contributed by atoms with Crippen molar-refractivity contribution in [3.05, 3.63) is 58.9 Å². The molecular weight excluding hydrogens is 326 g/mol. The standard InChI is InChI=1S/C21H27N3O2/c1-15-9-19(21(25)24-13-17-5-3-7-22-11-17)10-16(2)20(15)26-14-18-6-4-8-23-12-18/h4,6,8-10,12,17,22H,3,5,7,11,13-14H2,1-2H3,(H,24,25). The molecule has 26 heavy (non-hydrogen) atoms. The van der Waals surface area contributed by atoms with E-state index in [0.717, 1.165) is 42.1 Å². The molecule has 1 aromatic heterocycles. The molecule has 2 heterocycles. The summed E-state index contributed by atoms with van der Waals surface area (Å²) in [5.41, 5.74) is 3.66. The van der Waals surface area contributed by atoms with Crippen LogP contribution in [0.3, 0.4) is 0 Å². The van der Waals surface area contributed by atoms with Crippen molar-refractivity contribution in [2.45, 2.75) is 33.3 Å². The highest BCUT2D eigenvalue weighted by Gasteiger charge is 2.16. The molecule has 0 saturated carbocycles. The number of carbonyl (C=O) groups excluding carboxylic acids is 1. The van der Waals surface area contributed by atoms with Crippen LogP contribution in [0.2, 0.25) is 0 Å². The Balaban J connectivity index is 1.61. The van der Waals surface area contributed by atoms with E-state index >= 15 is 0 Å². The van der Waals surface area contributed by atoms with Gasteiger partial charge >= 0.3 is 0 Å². The van der Waals surface area contributed by atoms with E-state index < -0.39 is 0 Å². The van der Waals surface area contributed by atoms with Crippen LogP contribution in [0.1, 0.15) is 39.9 Å². The highest BCUT2D eigenvalue weighted by molar-refractivity contribution is 5.94. The van der Waals surface area contributed by atoms with E-state index in [9.17, 15) is 4.79 Å². The molecule has 1 atom stereocenters. The number of hydrogen-bond donors (Lipinski definition) is 2. The van der Waals surface area contributed by atoms with Crippen molar-refractivity contribution in [3.8, 4) is 5.75 Å². The molecule has 0 bridgehead atoms. The molecule has 0 radical (unpaired) electrons. The number of pyridine rings is 1. The summed E-state index contributed by atoms with van der Waals surface area (Å²) in [7, 11) is 0. The number of piperidine rings is 1. The summed E-state index contributed by atoms with van der Waals surface area (Å²) in [4.78, 5) is 16.6. The van der Waals surface area contributed by atoms with Gasteiger partial charge in [-0.1, -0.05) is 6.07 Å². The second-order valence-corrected chi connectivity index (χ2v) is 7.01. The van der Waals surface area contributed by atoms with Gasteiger partial charge in [0.15, 0.2) is 0 Å². The fraction of sp³-hybridized carbons (Fsp3) is 0.429. The summed E-state index contributed by atoms with van der Waals surface area (Å²) in [6.07, 6.45) is 5.90. The Kier molecular flexibility index (Phi) is 6.23. The van der Waals surface area contributed by atoms with E-state index in [1.807, 2.05) is 38.1 Å². The first-order valence-electron chi connectivity index (χ1n) is 9.25. The van der Waals surface area contributed by atoms with Crippen molar-refractivity contribution in [2.75, 3.05) is 19.6 Å². The van der Waals surface area contributed by atoms with Crippen LogP contribution in [-0.4, -0.2) is 30.5 Å². The Hall–Kier alpha value is -2.40. The molecular formula is C21H27N3O2. The fourth-order valence-corrected chi connectivity index (χ4v) is 3.39. The third-order valence-electron chi connectivity index (χ3n) is 4.78. The maximum absolute atomic E-state index is 12.5. The molecule has 1 aromatic carbocycles. The molecule has 3 rings (SSSR count). The monoisotopic (exact) mass is 353 g/mol. The van der Waals surface area contributed by atoms with Gasteiger partial charge in [0.1, 0.15) is 12.4 Å². The van der Waals surface area contributed by atoms with E-state index in [1.54, 1.807) is 12.4 Å². The van der Waals surface area contributed by atoms with Crippen LogP contribution >= 0.6 is 0 Å². The third-order valence-corrected chi connectivity index (χ3v) is 4.78. The minimum atomic E-state index is -0.0133. The predicted octanol–water partition coefficient (Wildman–Crippen LogP) is 3.01. The predicted molar refractivity (Wildman–Crippen MR) is 102 cm³/mol. The fourth-order valence-electron chi connectivity index (χ4n) is 3.39. The summed E-state index contributed by atoms with van der Waals surface area (Å²) in [6.45, 7) is 7.22. The average molecular weight is 353 g/mol. The highest BCUT2D eigenvalue weighted by Crippen LogP contribution is 2.26. The number of nitrogens with zero attached hydrogens (tertiary/aromatic N) is 1. The second kappa shape index (κ2) is 8.81. The zero-order chi connectivity index (χ0) is 18.4. The van der Waals surface area contributed by atoms with Crippen LogP contribution in [0.15, 0.2) is 36.7 Å². The van der Waals surface area contributed by atoms with Crippen molar-refractivity contribution in [2.24, 2.45) is 5.92 Å². The minimum Gasteiger partial charge on any atom is -0.488 e. The number of ether oxygens (including phenoxy) is 1. The summed E-state index contributed by atoms with van der Waals surface area (Å²) >= 11 is 0. The third kappa shape index (κ3) is 4.82. The van der Waals surface area contributed by atoms with Crippen molar-refractivity contribution >= 4 is 5.91 Å². The van der Waals surface area contributed by atoms with Crippen LogP contribution in [0.5, 0.6) is 5.75 Å². The first-order valence-corrected chi connectivity index (χ1v) is 9.25. The van der Waals surface area contributed by atoms with Crippen molar-refractivity contribution in [1.82, 2.24) is 15.6 Å². The first-order chi connectivity index (χ1) is 12.6. The van der Waals surface area contributed by atoms with Crippen molar-refractivity contribution in [1.29, 1.82) is 0 Å². The number of rotatable bonds is 6. The summed E-state index contributed by atoms with van der Waals surface area (Å²) in [5.74, 6) is 1.35. The van der Waals surface area contributed by atoms with Gasteiger partial charge in [0.25, 0.3) is 5.91 Å². The molecule has 1 saturated heterocycles. The number of nitrogens with one attached hydrogen (secondary N) is 2. The lowest BCUT2D eigenvalue weighted by molar-refractivity contribution is 0.0944. The molecule has 1 unspecified atom stereocenters. The minimum absolute atomic E-state index is 0.0133. The first kappa shape index (κ1) is 18.4. The zero-order valence-electron chi connectivity index (χ0n) is 15.5. The summed E-state index contributed by atoms with van der Waals surface area (Å²) < 4.78 is 5.96. The van der Waals surface area contributed by atoms with E-state index in [4.69, 9.17) is 4.74 Å². The van der Waals surface area contributed by atoms with Gasteiger partial charge in [-0.25, -0.2) is 0 Å². The molecule has 2 N–H and O–H groups in total. The van der Waals surface area contributed by atoms with Crippen LogP contribution in [-0.2, 0) is 6.61 Å². The van der Waals surface area contributed by atoms with Gasteiger partial charge in [-0.2, -0.15) is 0 Å². The van der Waals surface area contributed by atoms with Gasteiger partial charge in [-0.05, 0) is 75.0 Å². The topological polar surface area (TPSA) is 63.2 Å². The molecule has 5 nitrogen and oxygen atoms in total. The Morgan fingerprint density at radius 1 is 1.35 bits per heavy atom. The average Bonchev–Trinajstić information content (AvgIpc) is 2.67. The molecule has 0 spiro atoms. The van der Waals surface area contributed by atoms with Crippen LogP contribution in [0.25, 0.3) is 0 Å². The SMILES string of the molecule is Cc1cc(C(=O)NCC2CCCNC2)cc(C)c1OCc1cccnc1. The lowest BCUT2D eigenvalue weighted by Gasteiger charge is -2.23. The van der Waals surface area contributed by atoms with E-state index in [2.05, 4.69) is 15.6 Å². The second-order valence-electron chi connectivity index (χ2n) is 7.01. The molecule has 0 aliphatic carbocycles. The van der Waals surface area contributed by atoms with E-state index in [0.29, 0.717) is 18.1 Å². The quantitative estimate of drug-likeness (QED) is 0.838. The molecule has 2 aromatic rings. The van der Waals surface area contributed by atoms with Gasteiger partial charge in [0, 0.05) is 30.1 Å². The molecule has 1 fully saturated rings. The maximum Gasteiger partial charge on any atom is 0.251 e. The smallest absolute Gasteiger partial charge is 0.251 e. The Labute approximate surface area is 155 Å². The lowest BCUT2D eigenvalue weighted by atomic mass is 9.99. The molecule has 1 aliphatic heterocycles. The number of hydrogen-bond acceptors (Lipinski definition) is 4. The van der Waals surface area contributed by atoms with Crippen LogP contribution in [0, 0.1) is 19.8 Å². The van der Waals surface area contributed by atoms with Gasteiger partial charge in [0.2, 0.25) is 0 Å². The van der Waals surface area contributed by atoms with Gasteiger partial charge in [0.05, 0.1) is 0 Å². The molecule has 1 aliphatic rings. The molecule has 1 amide bonds. The zero-order valence-corrected chi connectivity index (χ0v) is 15.5. The molecule has 138 valence electrons. The largest absolute Gasteiger partial charge is 0.488 e. The Morgan fingerprint density at radius 2 is 2.15 bits per heavy atom. The summed E-state index contributed by atoms with van der Waals surface area (Å²) in [6, 6.07) is 7.69. The van der Waals surface area contributed by atoms with Gasteiger partial charge in [-0.15, -0.1) is 0 Å². The van der Waals surface area contributed by atoms with E-state index in [1.165, 1.54) is 12.8 Å². The summed E-state index contributed by atoms with van der Waals surface area (Å²) in [5, 5.41) is 6.45. The van der Waals surface area contributed by atoms with Crippen molar-refractivity contribution in [3.63, 3.8) is 0 Å². The van der Waals surface area contributed by atoms with Gasteiger partial charge in [-0.3, -0.25) is 9.78 Å². The van der Waals surface area contributed by atoms with Crippen molar-refractivity contribution < 1.29 is 9.53 Å². The number of carbonyl (C=O) groups is 1. The van der Waals surface area contributed by atoms with E-state index in [-0.39, 0.29) is 5.91 Å². The number of benzene rings is 1. The normalized spacial score (nSPS) is 16.9. The number of aryl methyl sites for hydroxylation is 2. The Morgan fingerprint density at radius 3 is 2.81 bits per heavy atom. The number of aromatic nitrogens is 1. The Bertz CT molecular complexity index is 717. The van der Waals surface area contributed by atoms with Gasteiger partial charge < -0.3 is 15.4 Å². The highest BCUT2D eigenvalue weighted by atomic mass is 16.5. The lowest BCUT2D eigenvalue weighted by Crippen LogP contribution is -2.38. The maximum atomic E-state index is 12.5. The number of amides is 1. The van der Waals surface area contributed by atoms with Crippen LogP contribution in [0.4, 0.5) is 0 Å².